The second kappa shape index (κ2) is 6.23. The predicted octanol–water partition coefficient (Wildman–Crippen LogP) is 3.58. The molecule has 0 radical (unpaired) electrons. The Morgan fingerprint density at radius 1 is 1.25 bits per heavy atom. The van der Waals surface area contributed by atoms with Crippen LogP contribution in [0.4, 0.5) is 0 Å². The van der Waals surface area contributed by atoms with Crippen molar-refractivity contribution >= 4 is 11.9 Å². The fraction of sp³-hybridized carbons (Fsp3) is 0.600. The van der Waals surface area contributed by atoms with Gasteiger partial charge in [-0.05, 0) is 24.7 Å². The molecule has 24 heavy (non-hydrogen) atoms. The van der Waals surface area contributed by atoms with Crippen molar-refractivity contribution in [3.05, 3.63) is 36.5 Å². The third-order valence-corrected chi connectivity index (χ3v) is 5.54. The lowest BCUT2D eigenvalue weighted by Crippen LogP contribution is -2.35. The molecule has 1 heterocycles. The Morgan fingerprint density at radius 2 is 1.96 bits per heavy atom. The van der Waals surface area contributed by atoms with Crippen molar-refractivity contribution in [2.45, 2.75) is 51.7 Å². The molecule has 1 saturated heterocycles. The molecule has 1 aliphatic heterocycles. The summed E-state index contributed by atoms with van der Waals surface area (Å²) in [6, 6.07) is 0. The molecule has 0 aromatic carbocycles. The largest absolute Gasteiger partial charge is 0.461 e. The highest BCUT2D eigenvalue weighted by Gasteiger charge is 2.55. The van der Waals surface area contributed by atoms with E-state index in [1.165, 1.54) is 0 Å². The number of rotatable bonds is 3. The number of hydrogen-bond donors (Lipinski definition) is 0. The van der Waals surface area contributed by atoms with Gasteiger partial charge >= 0.3 is 11.9 Å². The standard InChI is InChI=1S/C20H26O4/c1-10(2)8-16(21)23-15-9-12(4)14-7-6-11(3)17(14)19-18(15)13(5)20(22)24-19/h10,14-15,17-19H,3-9H2,1-2H3/t14-,15-,17-,18+,19+/m0/s1. The lowest BCUT2D eigenvalue weighted by molar-refractivity contribution is -0.153. The number of esters is 2. The average molecular weight is 330 g/mol. The monoisotopic (exact) mass is 330 g/mol. The van der Waals surface area contributed by atoms with Crippen LogP contribution in [0.2, 0.25) is 0 Å². The van der Waals surface area contributed by atoms with Crippen LogP contribution < -0.4 is 0 Å². The van der Waals surface area contributed by atoms with Crippen LogP contribution in [0, 0.1) is 23.7 Å². The van der Waals surface area contributed by atoms with Gasteiger partial charge in [0.2, 0.25) is 0 Å². The van der Waals surface area contributed by atoms with Gasteiger partial charge in [0.15, 0.2) is 0 Å². The van der Waals surface area contributed by atoms with Crippen LogP contribution in [0.1, 0.15) is 39.5 Å². The lowest BCUT2D eigenvalue weighted by atomic mass is 9.81. The van der Waals surface area contributed by atoms with Crippen LogP contribution in [-0.4, -0.2) is 24.1 Å². The summed E-state index contributed by atoms with van der Waals surface area (Å²) in [7, 11) is 0. The molecule has 2 saturated carbocycles. The highest BCUT2D eigenvalue weighted by molar-refractivity contribution is 5.91. The van der Waals surface area contributed by atoms with Crippen molar-refractivity contribution in [2.75, 3.05) is 0 Å². The van der Waals surface area contributed by atoms with E-state index >= 15 is 0 Å². The zero-order chi connectivity index (χ0) is 17.6. The smallest absolute Gasteiger partial charge is 0.334 e. The summed E-state index contributed by atoms with van der Waals surface area (Å²) in [5.41, 5.74) is 2.59. The van der Waals surface area contributed by atoms with Crippen LogP contribution >= 0.6 is 0 Å². The quantitative estimate of drug-likeness (QED) is 0.451. The van der Waals surface area contributed by atoms with E-state index in [9.17, 15) is 9.59 Å². The van der Waals surface area contributed by atoms with Gasteiger partial charge in [0.05, 0.1) is 5.92 Å². The Labute approximate surface area is 143 Å². The number of fused-ring (bicyclic) bond motifs is 3. The lowest BCUT2D eigenvalue weighted by Gasteiger charge is -2.28. The van der Waals surface area contributed by atoms with Crippen molar-refractivity contribution in [1.82, 2.24) is 0 Å². The second-order valence-corrected chi connectivity index (χ2v) is 7.74. The van der Waals surface area contributed by atoms with Gasteiger partial charge in [-0.25, -0.2) is 4.79 Å². The number of ether oxygens (including phenoxy) is 2. The topological polar surface area (TPSA) is 52.6 Å². The molecule has 0 aromatic rings. The highest BCUT2D eigenvalue weighted by atomic mass is 16.6. The van der Waals surface area contributed by atoms with Crippen molar-refractivity contribution in [3.8, 4) is 0 Å². The minimum absolute atomic E-state index is 0.0690. The summed E-state index contributed by atoms with van der Waals surface area (Å²) in [4.78, 5) is 24.3. The number of carbonyl (C=O) groups is 2. The van der Waals surface area contributed by atoms with Gasteiger partial charge in [0.25, 0.3) is 0 Å². The Morgan fingerprint density at radius 3 is 2.62 bits per heavy atom. The van der Waals surface area contributed by atoms with Gasteiger partial charge in [-0.1, -0.05) is 44.7 Å². The van der Waals surface area contributed by atoms with E-state index in [4.69, 9.17) is 9.47 Å². The van der Waals surface area contributed by atoms with Crippen molar-refractivity contribution in [2.24, 2.45) is 23.7 Å². The number of carbonyl (C=O) groups excluding carboxylic acids is 2. The van der Waals surface area contributed by atoms with Crippen LogP contribution in [0.15, 0.2) is 36.5 Å². The molecule has 4 heteroatoms. The predicted molar refractivity (Wildman–Crippen MR) is 91.0 cm³/mol. The Balaban J connectivity index is 1.91. The third kappa shape index (κ3) is 2.83. The maximum absolute atomic E-state index is 12.2. The summed E-state index contributed by atoms with van der Waals surface area (Å²) in [5.74, 6) is -0.362. The molecule has 130 valence electrons. The molecule has 4 nitrogen and oxygen atoms in total. The first-order chi connectivity index (χ1) is 11.3. The molecule has 0 N–H and O–H groups in total. The maximum Gasteiger partial charge on any atom is 0.334 e. The van der Waals surface area contributed by atoms with E-state index in [0.717, 1.165) is 24.0 Å². The fourth-order valence-corrected chi connectivity index (χ4v) is 4.43. The van der Waals surface area contributed by atoms with Gasteiger partial charge in [-0.3, -0.25) is 4.79 Å². The molecule has 0 spiro atoms. The third-order valence-electron chi connectivity index (χ3n) is 5.54. The summed E-state index contributed by atoms with van der Waals surface area (Å²) in [6.07, 6.45) is 2.07. The molecular weight excluding hydrogens is 304 g/mol. The molecule has 0 unspecified atom stereocenters. The van der Waals surface area contributed by atoms with Gasteiger partial charge < -0.3 is 9.47 Å². The summed E-state index contributed by atoms with van der Waals surface area (Å²) in [5, 5.41) is 0. The summed E-state index contributed by atoms with van der Waals surface area (Å²) >= 11 is 0. The van der Waals surface area contributed by atoms with Gasteiger partial charge in [0, 0.05) is 24.3 Å². The molecule has 0 aromatic heterocycles. The summed E-state index contributed by atoms with van der Waals surface area (Å²) < 4.78 is 11.4. The first-order valence-electron chi connectivity index (χ1n) is 8.74. The van der Waals surface area contributed by atoms with E-state index in [1.807, 2.05) is 13.8 Å². The first kappa shape index (κ1) is 17.0. The highest BCUT2D eigenvalue weighted by Crippen LogP contribution is 2.52. The minimum Gasteiger partial charge on any atom is -0.461 e. The van der Waals surface area contributed by atoms with E-state index in [0.29, 0.717) is 18.4 Å². The average Bonchev–Trinajstić information content (AvgIpc) is 2.95. The maximum atomic E-state index is 12.2. The zero-order valence-electron chi connectivity index (χ0n) is 14.5. The Bertz CT molecular complexity index is 615. The second-order valence-electron chi connectivity index (χ2n) is 7.74. The molecule has 3 aliphatic rings. The molecular formula is C20H26O4. The van der Waals surface area contributed by atoms with E-state index in [2.05, 4.69) is 19.7 Å². The van der Waals surface area contributed by atoms with E-state index in [1.54, 1.807) is 0 Å². The van der Waals surface area contributed by atoms with E-state index in [-0.39, 0.29) is 41.7 Å². The molecule has 5 atom stereocenters. The van der Waals surface area contributed by atoms with Crippen LogP contribution in [0.3, 0.4) is 0 Å². The SMILES string of the molecule is C=C1CC[C@H]2C(=C)C[C@H](OC(=O)CC(C)C)[C@H]3C(=C)C(=O)O[C@@H]3[C@@H]12. The van der Waals surface area contributed by atoms with Crippen molar-refractivity contribution in [3.63, 3.8) is 0 Å². The summed E-state index contributed by atoms with van der Waals surface area (Å²) in [6.45, 7) is 16.3. The molecule has 2 aliphatic carbocycles. The van der Waals surface area contributed by atoms with Crippen molar-refractivity contribution in [1.29, 1.82) is 0 Å². The van der Waals surface area contributed by atoms with Crippen LogP contribution in [-0.2, 0) is 19.1 Å². The van der Waals surface area contributed by atoms with Crippen LogP contribution in [0.5, 0.6) is 0 Å². The van der Waals surface area contributed by atoms with Gasteiger partial charge in [-0.2, -0.15) is 0 Å². The Kier molecular flexibility index (Phi) is 4.41. The Hall–Kier alpha value is -1.84. The first-order valence-corrected chi connectivity index (χ1v) is 8.74. The molecule has 3 fully saturated rings. The molecule has 0 bridgehead atoms. The number of hydrogen-bond acceptors (Lipinski definition) is 4. The zero-order valence-corrected chi connectivity index (χ0v) is 14.5. The van der Waals surface area contributed by atoms with Gasteiger partial charge in [-0.15, -0.1) is 0 Å². The normalized spacial score (nSPS) is 35.5. The van der Waals surface area contributed by atoms with Crippen LogP contribution in [0.25, 0.3) is 0 Å². The molecule has 0 amide bonds. The van der Waals surface area contributed by atoms with Crippen molar-refractivity contribution < 1.29 is 19.1 Å². The van der Waals surface area contributed by atoms with Gasteiger partial charge in [0.1, 0.15) is 12.2 Å². The fourth-order valence-electron chi connectivity index (χ4n) is 4.43. The minimum atomic E-state index is -0.425. The molecule has 3 rings (SSSR count). The van der Waals surface area contributed by atoms with E-state index < -0.39 is 6.10 Å².